The van der Waals surface area contributed by atoms with Gasteiger partial charge < -0.3 is 10.4 Å². The highest BCUT2D eigenvalue weighted by atomic mass is 32.2. The molecule has 0 aromatic heterocycles. The van der Waals surface area contributed by atoms with Gasteiger partial charge in [-0.25, -0.2) is 0 Å². The number of hydrogen-bond acceptors (Lipinski definition) is 3. The Kier molecular flexibility index (Phi) is 6.82. The van der Waals surface area contributed by atoms with Gasteiger partial charge in [0.25, 0.3) is 0 Å². The summed E-state index contributed by atoms with van der Waals surface area (Å²) in [7, 11) is 1.91. The van der Waals surface area contributed by atoms with Crippen LogP contribution in [0.1, 0.15) is 33.6 Å². The van der Waals surface area contributed by atoms with Gasteiger partial charge in [-0.1, -0.05) is 13.8 Å². The number of rotatable bonds is 7. The molecule has 3 heteroatoms. The summed E-state index contributed by atoms with van der Waals surface area (Å²) in [4.78, 5) is 0. The van der Waals surface area contributed by atoms with Crippen LogP contribution in [0.3, 0.4) is 0 Å². The third-order valence-electron chi connectivity index (χ3n) is 2.28. The van der Waals surface area contributed by atoms with Crippen LogP contribution in [-0.4, -0.2) is 35.3 Å². The maximum atomic E-state index is 9.12. The monoisotopic (exact) mass is 205 g/mol. The van der Waals surface area contributed by atoms with Gasteiger partial charge in [0.2, 0.25) is 0 Å². The zero-order chi connectivity index (χ0) is 10.3. The quantitative estimate of drug-likeness (QED) is 0.622. The summed E-state index contributed by atoms with van der Waals surface area (Å²) in [6, 6.07) is 0. The Labute approximate surface area is 86.5 Å². The van der Waals surface area contributed by atoms with Crippen LogP contribution in [0.25, 0.3) is 0 Å². The Balaban J connectivity index is 3.50. The molecule has 0 heterocycles. The van der Waals surface area contributed by atoms with Crippen molar-refractivity contribution in [1.82, 2.24) is 5.32 Å². The molecule has 0 amide bonds. The predicted octanol–water partition coefficient (Wildman–Crippen LogP) is 1.88. The van der Waals surface area contributed by atoms with E-state index in [9.17, 15) is 0 Å². The summed E-state index contributed by atoms with van der Waals surface area (Å²) in [6.07, 6.45) is 2.21. The van der Waals surface area contributed by atoms with E-state index in [1.807, 2.05) is 18.8 Å². The number of aliphatic hydroxyl groups excluding tert-OH is 1. The second kappa shape index (κ2) is 6.68. The van der Waals surface area contributed by atoms with E-state index < -0.39 is 0 Å². The Bertz CT molecular complexity index is 124. The summed E-state index contributed by atoms with van der Waals surface area (Å²) in [5.41, 5.74) is -0.0858. The highest BCUT2D eigenvalue weighted by Gasteiger charge is 2.19. The number of hydrogen-bond donors (Lipinski definition) is 2. The molecule has 0 radical (unpaired) electrons. The van der Waals surface area contributed by atoms with Crippen molar-refractivity contribution >= 4 is 11.8 Å². The number of likely N-dealkylation sites (N-methyl/N-ethyl adjacent to an activating group) is 1. The summed E-state index contributed by atoms with van der Waals surface area (Å²) < 4.78 is 0. The Morgan fingerprint density at radius 1 is 1.46 bits per heavy atom. The first-order valence-electron chi connectivity index (χ1n) is 4.95. The van der Waals surface area contributed by atoms with Crippen molar-refractivity contribution in [3.05, 3.63) is 0 Å². The van der Waals surface area contributed by atoms with Gasteiger partial charge >= 0.3 is 0 Å². The lowest BCUT2D eigenvalue weighted by Crippen LogP contribution is -2.43. The van der Waals surface area contributed by atoms with Crippen molar-refractivity contribution in [3.8, 4) is 0 Å². The van der Waals surface area contributed by atoms with Crippen molar-refractivity contribution in [2.45, 2.75) is 44.4 Å². The second-order valence-corrected chi connectivity index (χ2v) is 5.68. The molecule has 0 aliphatic carbocycles. The minimum absolute atomic E-state index is 0.0858. The highest BCUT2D eigenvalue weighted by Crippen LogP contribution is 2.16. The molecule has 2 nitrogen and oxygen atoms in total. The maximum absolute atomic E-state index is 9.12. The number of thioether (sulfide) groups is 1. The lowest BCUT2D eigenvalue weighted by atomic mass is 9.98. The lowest BCUT2D eigenvalue weighted by molar-refractivity contribution is 0.173. The fourth-order valence-electron chi connectivity index (χ4n) is 1.06. The van der Waals surface area contributed by atoms with Crippen LogP contribution in [0.15, 0.2) is 0 Å². The van der Waals surface area contributed by atoms with Crippen LogP contribution in [0, 0.1) is 0 Å². The average molecular weight is 205 g/mol. The second-order valence-electron chi connectivity index (χ2n) is 3.99. The van der Waals surface area contributed by atoms with Crippen LogP contribution in [0.2, 0.25) is 0 Å². The van der Waals surface area contributed by atoms with Crippen LogP contribution in [0.5, 0.6) is 0 Å². The molecule has 0 spiro atoms. The fraction of sp³-hybridized carbons (Fsp3) is 1.00. The van der Waals surface area contributed by atoms with E-state index >= 15 is 0 Å². The molecule has 0 fully saturated rings. The van der Waals surface area contributed by atoms with Crippen LogP contribution in [-0.2, 0) is 0 Å². The summed E-state index contributed by atoms with van der Waals surface area (Å²) in [5, 5.41) is 13.0. The van der Waals surface area contributed by atoms with Gasteiger partial charge in [-0.2, -0.15) is 11.8 Å². The summed E-state index contributed by atoms with van der Waals surface area (Å²) >= 11 is 1.98. The van der Waals surface area contributed by atoms with Gasteiger partial charge in [-0.3, -0.25) is 0 Å². The van der Waals surface area contributed by atoms with Crippen molar-refractivity contribution in [2.75, 3.05) is 19.4 Å². The van der Waals surface area contributed by atoms with Crippen molar-refractivity contribution in [1.29, 1.82) is 0 Å². The van der Waals surface area contributed by atoms with E-state index in [0.717, 1.165) is 11.7 Å². The molecule has 0 saturated heterocycles. The molecule has 2 N–H and O–H groups in total. The molecule has 0 saturated carbocycles. The topological polar surface area (TPSA) is 32.3 Å². The van der Waals surface area contributed by atoms with Crippen LogP contribution < -0.4 is 5.32 Å². The Hall–Kier alpha value is 0.270. The number of nitrogens with one attached hydrogen (secondary N) is 1. The Morgan fingerprint density at radius 2 is 2.08 bits per heavy atom. The SMILES string of the molecule is CNC(C)(CO)CCCSC(C)C. The molecule has 80 valence electrons. The molecular formula is C10H23NOS. The minimum atomic E-state index is -0.0858. The van der Waals surface area contributed by atoms with E-state index in [0.29, 0.717) is 0 Å². The molecule has 13 heavy (non-hydrogen) atoms. The first-order chi connectivity index (χ1) is 6.04. The molecule has 0 aliphatic heterocycles. The van der Waals surface area contributed by atoms with Gasteiger partial charge in [0.15, 0.2) is 0 Å². The van der Waals surface area contributed by atoms with Crippen molar-refractivity contribution < 1.29 is 5.11 Å². The van der Waals surface area contributed by atoms with Gasteiger partial charge in [-0.05, 0) is 37.8 Å². The third kappa shape index (κ3) is 6.36. The zero-order valence-corrected chi connectivity index (χ0v) is 10.1. The molecule has 0 rings (SSSR count). The first-order valence-corrected chi connectivity index (χ1v) is 6.00. The number of aliphatic hydroxyl groups is 1. The summed E-state index contributed by atoms with van der Waals surface area (Å²) in [6.45, 7) is 6.71. The van der Waals surface area contributed by atoms with Crippen LogP contribution >= 0.6 is 11.8 Å². The smallest absolute Gasteiger partial charge is 0.0610 e. The van der Waals surface area contributed by atoms with E-state index in [2.05, 4.69) is 26.1 Å². The molecule has 0 bridgehead atoms. The molecule has 0 aliphatic rings. The fourth-order valence-corrected chi connectivity index (χ4v) is 1.85. The predicted molar refractivity (Wildman–Crippen MR) is 61.4 cm³/mol. The third-order valence-corrected chi connectivity index (χ3v) is 3.47. The highest BCUT2D eigenvalue weighted by molar-refractivity contribution is 7.99. The molecule has 1 unspecified atom stereocenters. The lowest BCUT2D eigenvalue weighted by Gasteiger charge is -2.26. The van der Waals surface area contributed by atoms with E-state index in [1.165, 1.54) is 12.2 Å². The largest absolute Gasteiger partial charge is 0.394 e. The first kappa shape index (κ1) is 13.3. The molecular weight excluding hydrogens is 182 g/mol. The van der Waals surface area contributed by atoms with E-state index in [1.54, 1.807) is 0 Å². The van der Waals surface area contributed by atoms with Crippen molar-refractivity contribution in [3.63, 3.8) is 0 Å². The molecule has 0 aromatic carbocycles. The zero-order valence-electron chi connectivity index (χ0n) is 9.26. The normalized spacial score (nSPS) is 16.2. The average Bonchev–Trinajstić information content (AvgIpc) is 2.12. The summed E-state index contributed by atoms with van der Waals surface area (Å²) in [5.74, 6) is 1.19. The van der Waals surface area contributed by atoms with Gasteiger partial charge in [-0.15, -0.1) is 0 Å². The van der Waals surface area contributed by atoms with Crippen molar-refractivity contribution in [2.24, 2.45) is 0 Å². The van der Waals surface area contributed by atoms with Gasteiger partial charge in [0, 0.05) is 5.54 Å². The molecule has 0 aromatic rings. The standard InChI is InChI=1S/C10H23NOS/c1-9(2)13-7-5-6-10(3,8-12)11-4/h9,11-12H,5-8H2,1-4H3. The minimum Gasteiger partial charge on any atom is -0.394 e. The van der Waals surface area contributed by atoms with E-state index in [4.69, 9.17) is 5.11 Å². The van der Waals surface area contributed by atoms with Gasteiger partial charge in [0.1, 0.15) is 0 Å². The Morgan fingerprint density at radius 3 is 2.46 bits per heavy atom. The maximum Gasteiger partial charge on any atom is 0.0610 e. The van der Waals surface area contributed by atoms with E-state index in [-0.39, 0.29) is 12.1 Å². The van der Waals surface area contributed by atoms with Gasteiger partial charge in [0.05, 0.1) is 6.61 Å². The molecule has 1 atom stereocenters. The van der Waals surface area contributed by atoms with Crippen LogP contribution in [0.4, 0.5) is 0 Å².